The number of hydrogen-bond donors (Lipinski definition) is 1. The molecule has 0 bridgehead atoms. The van der Waals surface area contributed by atoms with Crippen LogP contribution in [0, 0.1) is 5.92 Å². The number of benzene rings is 1. The third-order valence-corrected chi connectivity index (χ3v) is 6.71. The molecule has 162 valence electrons. The second-order valence-corrected chi connectivity index (χ2v) is 9.24. The van der Waals surface area contributed by atoms with Crippen LogP contribution in [0.5, 0.6) is 0 Å². The first-order chi connectivity index (χ1) is 15.0. The van der Waals surface area contributed by atoms with Crippen molar-refractivity contribution in [3.05, 3.63) is 58.2 Å². The molecule has 4 rings (SSSR count). The van der Waals surface area contributed by atoms with E-state index in [0.717, 1.165) is 47.4 Å². The predicted octanol–water partition coefficient (Wildman–Crippen LogP) is 4.03. The van der Waals surface area contributed by atoms with Gasteiger partial charge >= 0.3 is 0 Å². The van der Waals surface area contributed by atoms with Crippen LogP contribution in [0.1, 0.15) is 53.8 Å². The number of carbonyl (C=O) groups excluding carboxylic acids is 2. The minimum atomic E-state index is -0.0105. The van der Waals surface area contributed by atoms with Crippen molar-refractivity contribution in [2.24, 2.45) is 5.92 Å². The van der Waals surface area contributed by atoms with Crippen LogP contribution >= 0.6 is 11.3 Å². The first-order valence-electron chi connectivity index (χ1n) is 10.9. The molecule has 3 aromatic rings. The number of aromatic nitrogens is 2. The van der Waals surface area contributed by atoms with E-state index in [2.05, 4.69) is 15.7 Å². The second-order valence-electron chi connectivity index (χ2n) is 8.35. The number of pyridine rings is 1. The fourth-order valence-corrected chi connectivity index (χ4v) is 4.84. The Balaban J connectivity index is 1.38. The Kier molecular flexibility index (Phi) is 6.61. The van der Waals surface area contributed by atoms with Crippen molar-refractivity contribution < 1.29 is 9.59 Å². The number of hydrogen-bond acceptors (Lipinski definition) is 5. The van der Waals surface area contributed by atoms with E-state index in [-0.39, 0.29) is 23.7 Å². The number of rotatable bonds is 6. The molecule has 2 amide bonds. The first kappa shape index (κ1) is 21.4. The van der Waals surface area contributed by atoms with Gasteiger partial charge in [-0.2, -0.15) is 0 Å². The minimum absolute atomic E-state index is 0.00570. The fraction of sp³-hybridized carbons (Fsp3) is 0.417. The standard InChI is InChI=1S/C24H28N4O2S/c1-16(2)22(29)25-12-11-19-15-31-23(26-19)18-7-5-13-28(14-18)24(30)21-10-9-17-6-3-4-8-20(17)27-21/h3-4,6,8-10,15-16,18H,5,7,11-14H2,1-2H3,(H,25,29)/t18-/m1/s1. The molecule has 0 unspecified atom stereocenters. The van der Waals surface area contributed by atoms with Gasteiger partial charge in [0.1, 0.15) is 5.69 Å². The molecule has 1 saturated heterocycles. The van der Waals surface area contributed by atoms with Crippen LogP contribution in [0.3, 0.4) is 0 Å². The molecule has 1 N–H and O–H groups in total. The van der Waals surface area contributed by atoms with E-state index in [4.69, 9.17) is 4.98 Å². The topological polar surface area (TPSA) is 75.2 Å². The molecule has 31 heavy (non-hydrogen) atoms. The monoisotopic (exact) mass is 436 g/mol. The summed E-state index contributed by atoms with van der Waals surface area (Å²) >= 11 is 1.66. The minimum Gasteiger partial charge on any atom is -0.355 e. The summed E-state index contributed by atoms with van der Waals surface area (Å²) in [6.45, 7) is 5.80. The lowest BCUT2D eigenvalue weighted by molar-refractivity contribution is -0.123. The van der Waals surface area contributed by atoms with E-state index in [0.29, 0.717) is 18.8 Å². The Morgan fingerprint density at radius 2 is 2.03 bits per heavy atom. The highest BCUT2D eigenvalue weighted by molar-refractivity contribution is 7.09. The molecule has 0 spiro atoms. The Hall–Kier alpha value is -2.80. The van der Waals surface area contributed by atoms with E-state index in [1.807, 2.05) is 55.1 Å². The van der Waals surface area contributed by atoms with Crippen molar-refractivity contribution >= 4 is 34.1 Å². The van der Waals surface area contributed by atoms with Crippen molar-refractivity contribution in [2.75, 3.05) is 19.6 Å². The van der Waals surface area contributed by atoms with Crippen LogP contribution in [-0.4, -0.2) is 46.3 Å². The molecule has 1 atom stereocenters. The number of amides is 2. The van der Waals surface area contributed by atoms with Crippen molar-refractivity contribution in [2.45, 2.75) is 39.0 Å². The number of fused-ring (bicyclic) bond motifs is 1. The molecular weight excluding hydrogens is 408 g/mol. The third kappa shape index (κ3) is 5.10. The third-order valence-electron chi connectivity index (χ3n) is 5.65. The van der Waals surface area contributed by atoms with Crippen molar-refractivity contribution in [1.29, 1.82) is 0 Å². The molecule has 0 aliphatic carbocycles. The lowest BCUT2D eigenvalue weighted by atomic mass is 9.98. The van der Waals surface area contributed by atoms with E-state index >= 15 is 0 Å². The molecule has 1 aromatic carbocycles. The van der Waals surface area contributed by atoms with Crippen molar-refractivity contribution in [3.8, 4) is 0 Å². The quantitative estimate of drug-likeness (QED) is 0.633. The summed E-state index contributed by atoms with van der Waals surface area (Å²) in [6, 6.07) is 11.6. The summed E-state index contributed by atoms with van der Waals surface area (Å²) in [4.78, 5) is 36.1. The lowest BCUT2D eigenvalue weighted by Crippen LogP contribution is -2.39. The smallest absolute Gasteiger partial charge is 0.272 e. The summed E-state index contributed by atoms with van der Waals surface area (Å²) in [7, 11) is 0. The number of likely N-dealkylation sites (tertiary alicyclic amines) is 1. The molecule has 2 aromatic heterocycles. The summed E-state index contributed by atoms with van der Waals surface area (Å²) in [5, 5.41) is 7.13. The number of piperidine rings is 1. The maximum atomic E-state index is 13.1. The zero-order chi connectivity index (χ0) is 21.8. The normalized spacial score (nSPS) is 16.6. The highest BCUT2D eigenvalue weighted by atomic mass is 32.1. The number of carbonyl (C=O) groups is 2. The average Bonchev–Trinajstić information content (AvgIpc) is 3.27. The molecule has 3 heterocycles. The largest absolute Gasteiger partial charge is 0.355 e. The van der Waals surface area contributed by atoms with Gasteiger partial charge in [0.2, 0.25) is 5.91 Å². The molecule has 0 saturated carbocycles. The maximum absolute atomic E-state index is 13.1. The van der Waals surface area contributed by atoms with E-state index < -0.39 is 0 Å². The van der Waals surface area contributed by atoms with Gasteiger partial charge in [0.25, 0.3) is 5.91 Å². The lowest BCUT2D eigenvalue weighted by Gasteiger charge is -2.31. The number of thiazole rings is 1. The SMILES string of the molecule is CC(C)C(=O)NCCc1csc([C@@H]2CCCN(C(=O)c3ccc4ccccc4n3)C2)n1. The van der Waals surface area contributed by atoms with E-state index in [9.17, 15) is 9.59 Å². The van der Waals surface area contributed by atoms with E-state index in [1.165, 1.54) is 0 Å². The van der Waals surface area contributed by atoms with Gasteiger partial charge in [0.05, 0.1) is 16.2 Å². The summed E-state index contributed by atoms with van der Waals surface area (Å²) in [5.41, 5.74) is 2.35. The Morgan fingerprint density at radius 3 is 2.87 bits per heavy atom. The number of para-hydroxylation sites is 1. The summed E-state index contributed by atoms with van der Waals surface area (Å²) < 4.78 is 0. The van der Waals surface area contributed by atoms with Gasteiger partial charge in [0.15, 0.2) is 0 Å². The van der Waals surface area contributed by atoms with Gasteiger partial charge in [-0.1, -0.05) is 38.1 Å². The van der Waals surface area contributed by atoms with Crippen molar-refractivity contribution in [3.63, 3.8) is 0 Å². The number of nitrogens with one attached hydrogen (secondary N) is 1. The molecule has 7 heteroatoms. The summed E-state index contributed by atoms with van der Waals surface area (Å²) in [5.74, 6) is 0.304. The van der Waals surface area contributed by atoms with Gasteiger partial charge < -0.3 is 10.2 Å². The van der Waals surface area contributed by atoms with Gasteiger partial charge in [-0.3, -0.25) is 9.59 Å². The van der Waals surface area contributed by atoms with Crippen LogP contribution in [-0.2, 0) is 11.2 Å². The molecule has 0 radical (unpaired) electrons. The zero-order valence-corrected chi connectivity index (χ0v) is 18.8. The van der Waals surface area contributed by atoms with Crippen LogP contribution in [0.15, 0.2) is 41.8 Å². The van der Waals surface area contributed by atoms with Gasteiger partial charge in [-0.05, 0) is 25.0 Å². The summed E-state index contributed by atoms with van der Waals surface area (Å²) in [6.07, 6.45) is 2.72. The van der Waals surface area contributed by atoms with Crippen LogP contribution in [0.4, 0.5) is 0 Å². The first-order valence-corrected chi connectivity index (χ1v) is 11.8. The number of nitrogens with zero attached hydrogens (tertiary/aromatic N) is 3. The highest BCUT2D eigenvalue weighted by Crippen LogP contribution is 2.30. The molecule has 6 nitrogen and oxygen atoms in total. The Morgan fingerprint density at radius 1 is 1.19 bits per heavy atom. The maximum Gasteiger partial charge on any atom is 0.272 e. The molecule has 1 aliphatic heterocycles. The Labute approximate surface area is 186 Å². The average molecular weight is 437 g/mol. The fourth-order valence-electron chi connectivity index (χ4n) is 3.85. The molecule has 1 aliphatic rings. The van der Waals surface area contributed by atoms with Crippen LogP contribution < -0.4 is 5.32 Å². The van der Waals surface area contributed by atoms with Gasteiger partial charge in [-0.25, -0.2) is 9.97 Å². The molecular formula is C24H28N4O2S. The second kappa shape index (κ2) is 9.56. The van der Waals surface area contributed by atoms with Crippen LogP contribution in [0.25, 0.3) is 10.9 Å². The predicted molar refractivity (Wildman–Crippen MR) is 123 cm³/mol. The van der Waals surface area contributed by atoms with E-state index in [1.54, 1.807) is 11.3 Å². The Bertz CT molecular complexity index is 1080. The highest BCUT2D eigenvalue weighted by Gasteiger charge is 2.28. The van der Waals surface area contributed by atoms with Gasteiger partial charge in [0, 0.05) is 48.7 Å². The molecule has 1 fully saturated rings. The van der Waals surface area contributed by atoms with Gasteiger partial charge in [-0.15, -0.1) is 11.3 Å². The van der Waals surface area contributed by atoms with Crippen molar-refractivity contribution in [1.82, 2.24) is 20.2 Å². The zero-order valence-electron chi connectivity index (χ0n) is 18.0. The van der Waals surface area contributed by atoms with Crippen LogP contribution in [0.2, 0.25) is 0 Å².